The van der Waals surface area contributed by atoms with Crippen molar-refractivity contribution in [3.05, 3.63) is 41.7 Å². The SMILES string of the molecule is CCOC(=O)c1nn(-c2cccc(C)c2)c2nc(OC)ncc12. The Morgan fingerprint density at radius 2 is 2.17 bits per heavy atom. The van der Waals surface area contributed by atoms with Crippen molar-refractivity contribution in [2.75, 3.05) is 13.7 Å². The summed E-state index contributed by atoms with van der Waals surface area (Å²) in [6.45, 7) is 4.00. The van der Waals surface area contributed by atoms with Gasteiger partial charge in [-0.3, -0.25) is 0 Å². The van der Waals surface area contributed by atoms with Crippen LogP contribution in [0.2, 0.25) is 0 Å². The lowest BCUT2D eigenvalue weighted by molar-refractivity contribution is 0.0521. The van der Waals surface area contributed by atoms with E-state index in [9.17, 15) is 4.79 Å². The molecule has 0 bridgehead atoms. The lowest BCUT2D eigenvalue weighted by Crippen LogP contribution is -2.07. The largest absolute Gasteiger partial charge is 0.467 e. The molecule has 0 amide bonds. The zero-order valence-corrected chi connectivity index (χ0v) is 13.1. The molecule has 0 aliphatic carbocycles. The Hall–Kier alpha value is -2.96. The molecule has 0 unspecified atom stereocenters. The van der Waals surface area contributed by atoms with Gasteiger partial charge in [-0.1, -0.05) is 12.1 Å². The summed E-state index contributed by atoms with van der Waals surface area (Å²) in [5, 5.41) is 4.90. The molecule has 0 spiro atoms. The summed E-state index contributed by atoms with van der Waals surface area (Å²) in [5.74, 6) is -0.502. The van der Waals surface area contributed by atoms with Crippen LogP contribution in [-0.4, -0.2) is 39.4 Å². The third-order valence-electron chi connectivity index (χ3n) is 3.30. The van der Waals surface area contributed by atoms with Crippen LogP contribution in [-0.2, 0) is 4.74 Å². The van der Waals surface area contributed by atoms with Crippen LogP contribution in [0.25, 0.3) is 16.7 Å². The van der Waals surface area contributed by atoms with Gasteiger partial charge in [0.15, 0.2) is 11.3 Å². The first-order valence-corrected chi connectivity index (χ1v) is 7.18. The molecule has 0 aliphatic heterocycles. The number of esters is 1. The van der Waals surface area contributed by atoms with Gasteiger partial charge in [0, 0.05) is 6.20 Å². The van der Waals surface area contributed by atoms with E-state index >= 15 is 0 Å². The van der Waals surface area contributed by atoms with E-state index in [2.05, 4.69) is 15.1 Å². The Morgan fingerprint density at radius 1 is 1.35 bits per heavy atom. The normalized spacial score (nSPS) is 10.7. The fraction of sp³-hybridized carbons (Fsp3) is 0.250. The van der Waals surface area contributed by atoms with Crippen molar-refractivity contribution in [1.82, 2.24) is 19.7 Å². The molecule has 0 radical (unpaired) electrons. The summed E-state index contributed by atoms with van der Waals surface area (Å²) >= 11 is 0. The van der Waals surface area contributed by atoms with Crippen LogP contribution in [0.4, 0.5) is 0 Å². The molecule has 118 valence electrons. The second kappa shape index (κ2) is 6.04. The topological polar surface area (TPSA) is 79.1 Å². The van der Waals surface area contributed by atoms with Gasteiger partial charge < -0.3 is 9.47 Å². The molecule has 3 aromatic rings. The molecule has 0 aliphatic rings. The minimum Gasteiger partial charge on any atom is -0.467 e. The maximum Gasteiger partial charge on any atom is 0.359 e. The van der Waals surface area contributed by atoms with Crippen LogP contribution in [0.5, 0.6) is 6.01 Å². The molecular formula is C16H16N4O3. The highest BCUT2D eigenvalue weighted by Crippen LogP contribution is 2.22. The molecule has 7 heteroatoms. The van der Waals surface area contributed by atoms with Gasteiger partial charge in [0.1, 0.15) is 0 Å². The highest BCUT2D eigenvalue weighted by molar-refractivity contribution is 6.01. The minimum absolute atomic E-state index is 0.186. The smallest absolute Gasteiger partial charge is 0.359 e. The number of carbonyl (C=O) groups excluding carboxylic acids is 1. The Morgan fingerprint density at radius 3 is 2.87 bits per heavy atom. The lowest BCUT2D eigenvalue weighted by Gasteiger charge is -2.04. The molecule has 0 fully saturated rings. The van der Waals surface area contributed by atoms with Gasteiger partial charge in [0.05, 0.1) is 24.8 Å². The lowest BCUT2D eigenvalue weighted by atomic mass is 10.2. The van der Waals surface area contributed by atoms with E-state index in [1.54, 1.807) is 11.6 Å². The number of carbonyl (C=O) groups is 1. The number of aromatic nitrogens is 4. The number of benzene rings is 1. The third-order valence-corrected chi connectivity index (χ3v) is 3.30. The number of aryl methyl sites for hydroxylation is 1. The third kappa shape index (κ3) is 2.73. The molecule has 0 atom stereocenters. The monoisotopic (exact) mass is 312 g/mol. The first-order valence-electron chi connectivity index (χ1n) is 7.18. The first-order chi connectivity index (χ1) is 11.1. The second-order valence-corrected chi connectivity index (χ2v) is 4.91. The van der Waals surface area contributed by atoms with E-state index in [1.807, 2.05) is 31.2 Å². The van der Waals surface area contributed by atoms with E-state index in [4.69, 9.17) is 9.47 Å². The van der Waals surface area contributed by atoms with Gasteiger partial charge in [0.25, 0.3) is 0 Å². The molecule has 1 aromatic carbocycles. The molecule has 2 aromatic heterocycles. The van der Waals surface area contributed by atoms with Crippen LogP contribution in [0.1, 0.15) is 23.0 Å². The fourth-order valence-electron chi connectivity index (χ4n) is 2.28. The van der Waals surface area contributed by atoms with Crippen molar-refractivity contribution in [2.24, 2.45) is 0 Å². The molecule has 3 rings (SSSR count). The number of hydrogen-bond donors (Lipinski definition) is 0. The molecule has 23 heavy (non-hydrogen) atoms. The van der Waals surface area contributed by atoms with Crippen molar-refractivity contribution in [1.29, 1.82) is 0 Å². The van der Waals surface area contributed by atoms with Crippen LogP contribution in [0.15, 0.2) is 30.5 Å². The zero-order valence-electron chi connectivity index (χ0n) is 13.1. The average molecular weight is 312 g/mol. The quantitative estimate of drug-likeness (QED) is 0.688. The van der Waals surface area contributed by atoms with Crippen molar-refractivity contribution < 1.29 is 14.3 Å². The van der Waals surface area contributed by atoms with Crippen LogP contribution >= 0.6 is 0 Å². The predicted molar refractivity (Wildman–Crippen MR) is 83.9 cm³/mol. The number of methoxy groups -OCH3 is 1. The van der Waals surface area contributed by atoms with Gasteiger partial charge in [0.2, 0.25) is 0 Å². The molecule has 2 heterocycles. The summed E-state index contributed by atoms with van der Waals surface area (Å²) in [4.78, 5) is 20.5. The van der Waals surface area contributed by atoms with Crippen LogP contribution < -0.4 is 4.74 Å². The number of hydrogen-bond acceptors (Lipinski definition) is 6. The summed E-state index contributed by atoms with van der Waals surface area (Å²) in [6.07, 6.45) is 1.52. The Balaban J connectivity index is 2.25. The van der Waals surface area contributed by atoms with Crippen LogP contribution in [0, 0.1) is 6.92 Å². The van der Waals surface area contributed by atoms with E-state index in [0.717, 1.165) is 11.3 Å². The van der Waals surface area contributed by atoms with E-state index in [0.29, 0.717) is 11.0 Å². The second-order valence-electron chi connectivity index (χ2n) is 4.91. The number of fused-ring (bicyclic) bond motifs is 1. The van der Waals surface area contributed by atoms with Gasteiger partial charge in [-0.05, 0) is 31.5 Å². The Labute approximate surface area is 132 Å². The summed E-state index contributed by atoms with van der Waals surface area (Å²) in [5.41, 5.74) is 2.55. The van der Waals surface area contributed by atoms with Gasteiger partial charge in [-0.25, -0.2) is 14.5 Å². The van der Waals surface area contributed by atoms with Crippen molar-refractivity contribution in [3.63, 3.8) is 0 Å². The number of ether oxygens (including phenoxy) is 2. The van der Waals surface area contributed by atoms with E-state index in [-0.39, 0.29) is 18.3 Å². The standard InChI is InChI=1S/C16H16N4O3/c1-4-23-15(21)13-12-9-17-16(22-3)18-14(12)20(19-13)11-7-5-6-10(2)8-11/h5-9H,4H2,1-3H3. The molecule has 0 saturated heterocycles. The van der Waals surface area contributed by atoms with Crippen LogP contribution in [0.3, 0.4) is 0 Å². The predicted octanol–water partition coefficient (Wildman–Crippen LogP) is 2.31. The fourth-order valence-corrected chi connectivity index (χ4v) is 2.28. The average Bonchev–Trinajstić information content (AvgIpc) is 2.93. The summed E-state index contributed by atoms with van der Waals surface area (Å²) in [6, 6.07) is 7.96. The first kappa shape index (κ1) is 15.0. The molecular weight excluding hydrogens is 296 g/mol. The van der Waals surface area contributed by atoms with Crippen molar-refractivity contribution in [3.8, 4) is 11.7 Å². The Kier molecular flexibility index (Phi) is 3.92. The zero-order chi connectivity index (χ0) is 16.4. The van der Waals surface area contributed by atoms with Gasteiger partial charge >= 0.3 is 12.0 Å². The maximum absolute atomic E-state index is 12.1. The van der Waals surface area contributed by atoms with E-state index < -0.39 is 5.97 Å². The highest BCUT2D eigenvalue weighted by Gasteiger charge is 2.21. The number of nitrogens with zero attached hydrogens (tertiary/aromatic N) is 4. The van der Waals surface area contributed by atoms with Crippen molar-refractivity contribution in [2.45, 2.75) is 13.8 Å². The number of rotatable bonds is 4. The maximum atomic E-state index is 12.1. The highest BCUT2D eigenvalue weighted by atomic mass is 16.5. The van der Waals surface area contributed by atoms with Gasteiger partial charge in [-0.15, -0.1) is 0 Å². The summed E-state index contributed by atoms with van der Waals surface area (Å²) < 4.78 is 11.7. The molecule has 0 N–H and O–H groups in total. The van der Waals surface area contributed by atoms with E-state index in [1.165, 1.54) is 13.3 Å². The Bertz CT molecular complexity index is 873. The van der Waals surface area contributed by atoms with Crippen molar-refractivity contribution >= 4 is 17.0 Å². The minimum atomic E-state index is -0.502. The summed E-state index contributed by atoms with van der Waals surface area (Å²) in [7, 11) is 1.49. The van der Waals surface area contributed by atoms with Gasteiger partial charge in [-0.2, -0.15) is 10.1 Å². The molecule has 7 nitrogen and oxygen atoms in total. The molecule has 0 saturated carbocycles.